The van der Waals surface area contributed by atoms with Gasteiger partial charge < -0.3 is 0 Å². The molecule has 98 valence electrons. The van der Waals surface area contributed by atoms with Crippen LogP contribution in [-0.4, -0.2) is 10.8 Å². The van der Waals surface area contributed by atoms with Crippen molar-refractivity contribution in [2.24, 2.45) is 0 Å². The molecule has 0 N–H and O–H groups in total. The van der Waals surface area contributed by atoms with Crippen molar-refractivity contribution in [2.45, 2.75) is 20.3 Å². The summed E-state index contributed by atoms with van der Waals surface area (Å²) < 4.78 is 13.7. The highest BCUT2D eigenvalue weighted by atomic mass is 35.5. The number of Topliss-reactive ketones (excluding diaryl/α,β-unsaturated/α-hetero) is 1. The third-order valence-corrected chi connectivity index (χ3v) is 3.20. The lowest BCUT2D eigenvalue weighted by atomic mass is 10.0. The Morgan fingerprint density at radius 3 is 2.68 bits per heavy atom. The van der Waals surface area contributed by atoms with E-state index in [4.69, 9.17) is 11.6 Å². The quantitative estimate of drug-likeness (QED) is 0.796. The fourth-order valence-corrected chi connectivity index (χ4v) is 2.13. The molecular formula is C15H13ClFNO. The summed E-state index contributed by atoms with van der Waals surface area (Å²) in [5.41, 5.74) is 2.33. The Balaban J connectivity index is 2.28. The monoisotopic (exact) mass is 277 g/mol. The van der Waals surface area contributed by atoms with E-state index in [1.54, 1.807) is 31.2 Å². The molecule has 0 bridgehead atoms. The largest absolute Gasteiger partial charge is 0.294 e. The first-order valence-corrected chi connectivity index (χ1v) is 6.27. The van der Waals surface area contributed by atoms with Gasteiger partial charge in [-0.1, -0.05) is 23.7 Å². The predicted octanol–water partition coefficient (Wildman–Crippen LogP) is 3.92. The summed E-state index contributed by atoms with van der Waals surface area (Å²) >= 11 is 5.70. The third kappa shape index (κ3) is 2.99. The summed E-state index contributed by atoms with van der Waals surface area (Å²) in [6.45, 7) is 3.63. The number of pyridine rings is 1. The lowest BCUT2D eigenvalue weighted by Crippen LogP contribution is -2.08. The molecule has 0 aliphatic rings. The fourth-order valence-electron chi connectivity index (χ4n) is 1.93. The van der Waals surface area contributed by atoms with Crippen LogP contribution in [0.15, 0.2) is 30.3 Å². The average molecular weight is 278 g/mol. The van der Waals surface area contributed by atoms with Gasteiger partial charge in [0, 0.05) is 23.4 Å². The van der Waals surface area contributed by atoms with E-state index in [-0.39, 0.29) is 17.2 Å². The van der Waals surface area contributed by atoms with Crippen LogP contribution in [-0.2, 0) is 6.42 Å². The fraction of sp³-hybridized carbons (Fsp3) is 0.200. The van der Waals surface area contributed by atoms with E-state index in [2.05, 4.69) is 4.98 Å². The van der Waals surface area contributed by atoms with Gasteiger partial charge in [0.15, 0.2) is 5.78 Å². The Hall–Kier alpha value is -1.74. The van der Waals surface area contributed by atoms with Gasteiger partial charge in [-0.3, -0.25) is 9.78 Å². The summed E-state index contributed by atoms with van der Waals surface area (Å²) in [6, 6.07) is 8.16. The Morgan fingerprint density at radius 1 is 1.26 bits per heavy atom. The molecular weight excluding hydrogens is 265 g/mol. The van der Waals surface area contributed by atoms with Crippen molar-refractivity contribution in [2.75, 3.05) is 0 Å². The topological polar surface area (TPSA) is 30.0 Å². The molecule has 0 amide bonds. The second-order valence-electron chi connectivity index (χ2n) is 4.40. The van der Waals surface area contributed by atoms with Crippen LogP contribution in [0.25, 0.3) is 0 Å². The highest BCUT2D eigenvalue weighted by Gasteiger charge is 2.14. The molecule has 0 saturated heterocycles. The Bertz CT molecular complexity index is 640. The zero-order valence-electron chi connectivity index (χ0n) is 10.7. The van der Waals surface area contributed by atoms with Crippen LogP contribution in [0, 0.1) is 19.7 Å². The van der Waals surface area contributed by atoms with Gasteiger partial charge in [0.05, 0.1) is 5.02 Å². The molecule has 2 aromatic rings. The number of aryl methyl sites for hydroxylation is 2. The Kier molecular flexibility index (Phi) is 3.96. The molecule has 0 unspecified atom stereocenters. The van der Waals surface area contributed by atoms with Crippen molar-refractivity contribution < 1.29 is 9.18 Å². The molecule has 0 atom stereocenters. The highest BCUT2D eigenvalue weighted by molar-refractivity contribution is 6.30. The second-order valence-corrected chi connectivity index (χ2v) is 4.81. The van der Waals surface area contributed by atoms with Gasteiger partial charge in [-0.05, 0) is 37.6 Å². The predicted molar refractivity (Wildman–Crippen MR) is 73.2 cm³/mol. The van der Waals surface area contributed by atoms with Crippen LogP contribution in [0.3, 0.4) is 0 Å². The van der Waals surface area contributed by atoms with Gasteiger partial charge in [0.25, 0.3) is 0 Å². The maximum Gasteiger partial charge on any atom is 0.169 e. The summed E-state index contributed by atoms with van der Waals surface area (Å²) in [6.07, 6.45) is -0.0159. The zero-order chi connectivity index (χ0) is 14.0. The summed E-state index contributed by atoms with van der Waals surface area (Å²) in [4.78, 5) is 16.4. The molecule has 4 heteroatoms. The van der Waals surface area contributed by atoms with Crippen LogP contribution in [0.4, 0.5) is 4.39 Å². The molecule has 0 radical (unpaired) electrons. The minimum atomic E-state index is -0.532. The minimum Gasteiger partial charge on any atom is -0.294 e. The van der Waals surface area contributed by atoms with Crippen LogP contribution < -0.4 is 0 Å². The van der Waals surface area contributed by atoms with E-state index in [1.165, 1.54) is 6.07 Å². The normalized spacial score (nSPS) is 10.5. The van der Waals surface area contributed by atoms with Crippen LogP contribution in [0.5, 0.6) is 0 Å². The average Bonchev–Trinajstić information content (AvgIpc) is 2.34. The maximum atomic E-state index is 13.7. The zero-order valence-corrected chi connectivity index (χ0v) is 11.5. The number of ketones is 1. The highest BCUT2D eigenvalue weighted by Crippen LogP contribution is 2.20. The minimum absolute atomic E-state index is 0.0159. The number of hydrogen-bond donors (Lipinski definition) is 0. The molecule has 0 aliphatic heterocycles. The molecule has 1 aromatic carbocycles. The van der Waals surface area contributed by atoms with Crippen LogP contribution >= 0.6 is 11.6 Å². The van der Waals surface area contributed by atoms with Crippen molar-refractivity contribution in [1.29, 1.82) is 0 Å². The SMILES string of the molecule is Cc1ccc(C(=O)Cc2cccc(Cl)c2F)c(C)n1. The first-order chi connectivity index (χ1) is 8.99. The molecule has 0 fully saturated rings. The Labute approximate surface area is 116 Å². The molecule has 1 aromatic heterocycles. The Morgan fingerprint density at radius 2 is 2.00 bits per heavy atom. The molecule has 19 heavy (non-hydrogen) atoms. The van der Waals surface area contributed by atoms with Crippen molar-refractivity contribution in [3.8, 4) is 0 Å². The first-order valence-electron chi connectivity index (χ1n) is 5.89. The maximum absolute atomic E-state index is 13.7. The lowest BCUT2D eigenvalue weighted by molar-refractivity contribution is 0.0991. The van der Waals surface area contributed by atoms with Gasteiger partial charge in [-0.25, -0.2) is 4.39 Å². The van der Waals surface area contributed by atoms with Gasteiger partial charge in [-0.2, -0.15) is 0 Å². The van der Waals surface area contributed by atoms with E-state index < -0.39 is 5.82 Å². The van der Waals surface area contributed by atoms with E-state index >= 15 is 0 Å². The lowest BCUT2D eigenvalue weighted by Gasteiger charge is -2.07. The number of rotatable bonds is 3. The summed E-state index contributed by atoms with van der Waals surface area (Å²) in [5, 5.41) is 0.0315. The van der Waals surface area contributed by atoms with Crippen LogP contribution in [0.2, 0.25) is 5.02 Å². The number of aromatic nitrogens is 1. The van der Waals surface area contributed by atoms with Crippen molar-refractivity contribution >= 4 is 17.4 Å². The molecule has 2 nitrogen and oxygen atoms in total. The molecule has 0 aliphatic carbocycles. The van der Waals surface area contributed by atoms with E-state index in [9.17, 15) is 9.18 Å². The van der Waals surface area contributed by atoms with E-state index in [1.807, 2.05) is 6.92 Å². The second kappa shape index (κ2) is 5.49. The van der Waals surface area contributed by atoms with Crippen LogP contribution in [0.1, 0.15) is 27.3 Å². The number of hydrogen-bond acceptors (Lipinski definition) is 2. The number of halogens is 2. The van der Waals surface area contributed by atoms with Crippen molar-refractivity contribution in [1.82, 2.24) is 4.98 Å². The number of nitrogens with zero attached hydrogens (tertiary/aromatic N) is 1. The number of carbonyl (C=O) groups is 1. The van der Waals surface area contributed by atoms with Gasteiger partial charge >= 0.3 is 0 Å². The summed E-state index contributed by atoms with van der Waals surface area (Å²) in [7, 11) is 0. The van der Waals surface area contributed by atoms with E-state index in [0.29, 0.717) is 16.8 Å². The smallest absolute Gasteiger partial charge is 0.169 e. The van der Waals surface area contributed by atoms with Gasteiger partial charge in [0.2, 0.25) is 0 Å². The number of benzene rings is 1. The molecule has 1 heterocycles. The standard InChI is InChI=1S/C15H13ClFNO/c1-9-6-7-12(10(2)18-9)14(19)8-11-4-3-5-13(16)15(11)17/h3-7H,8H2,1-2H3. The van der Waals surface area contributed by atoms with Gasteiger partial charge in [0.1, 0.15) is 5.82 Å². The van der Waals surface area contributed by atoms with E-state index in [0.717, 1.165) is 5.69 Å². The molecule has 0 saturated carbocycles. The first kappa shape index (κ1) is 13.7. The molecule has 0 spiro atoms. The van der Waals surface area contributed by atoms with Gasteiger partial charge in [-0.15, -0.1) is 0 Å². The number of carbonyl (C=O) groups excluding carboxylic acids is 1. The van der Waals surface area contributed by atoms with Crippen molar-refractivity contribution in [3.05, 3.63) is 63.7 Å². The summed E-state index contributed by atoms with van der Waals surface area (Å²) in [5.74, 6) is -0.693. The third-order valence-electron chi connectivity index (χ3n) is 2.91. The molecule has 2 rings (SSSR count). The van der Waals surface area contributed by atoms with Crippen molar-refractivity contribution in [3.63, 3.8) is 0 Å².